The minimum absolute atomic E-state index is 0.0329. The van der Waals surface area contributed by atoms with Crippen molar-refractivity contribution in [2.24, 2.45) is 0 Å². The van der Waals surface area contributed by atoms with Gasteiger partial charge in [0.2, 0.25) is 5.76 Å². The molecule has 0 bridgehead atoms. The van der Waals surface area contributed by atoms with Gasteiger partial charge < -0.3 is 14.8 Å². The molecule has 0 spiro atoms. The van der Waals surface area contributed by atoms with Crippen molar-refractivity contribution in [1.29, 1.82) is 0 Å². The lowest BCUT2D eigenvalue weighted by molar-refractivity contribution is 0.0660. The number of halogens is 1. The summed E-state index contributed by atoms with van der Waals surface area (Å²) in [6.45, 7) is 1.30. The summed E-state index contributed by atoms with van der Waals surface area (Å²) >= 11 is 5.80. The molecule has 19 heavy (non-hydrogen) atoms. The van der Waals surface area contributed by atoms with E-state index in [1.54, 1.807) is 6.07 Å². The predicted octanol–water partition coefficient (Wildman–Crippen LogP) is 2.96. The molecule has 2 aromatic rings. The highest BCUT2D eigenvalue weighted by atomic mass is 35.5. The van der Waals surface area contributed by atoms with Gasteiger partial charge in [0.15, 0.2) is 0 Å². The third-order valence-electron chi connectivity index (χ3n) is 2.68. The van der Waals surface area contributed by atoms with E-state index in [9.17, 15) is 4.79 Å². The standard InChI is InChI=1S/C14H14ClNO3/c15-11-3-1-10(2-4-11)7-8-16-9-12-5-6-13(19-12)14(17)18/h1-6,16H,7-9H2,(H,17,18). The first-order valence-electron chi connectivity index (χ1n) is 5.92. The SMILES string of the molecule is O=C(O)c1ccc(CNCCc2ccc(Cl)cc2)o1. The van der Waals surface area contributed by atoms with Gasteiger partial charge in [-0.05, 0) is 42.8 Å². The smallest absolute Gasteiger partial charge is 0.371 e. The van der Waals surface area contributed by atoms with Crippen LogP contribution in [0.1, 0.15) is 21.9 Å². The largest absolute Gasteiger partial charge is 0.475 e. The summed E-state index contributed by atoms with van der Waals surface area (Å²) < 4.78 is 5.13. The first kappa shape index (κ1) is 13.6. The van der Waals surface area contributed by atoms with E-state index in [1.165, 1.54) is 11.6 Å². The van der Waals surface area contributed by atoms with Crippen LogP contribution in [0.3, 0.4) is 0 Å². The molecule has 0 unspecified atom stereocenters. The molecule has 4 nitrogen and oxygen atoms in total. The monoisotopic (exact) mass is 279 g/mol. The Bertz CT molecular complexity index is 548. The van der Waals surface area contributed by atoms with Gasteiger partial charge in [-0.3, -0.25) is 0 Å². The highest BCUT2D eigenvalue weighted by Gasteiger charge is 2.08. The van der Waals surface area contributed by atoms with Crippen LogP contribution in [0.25, 0.3) is 0 Å². The van der Waals surface area contributed by atoms with Gasteiger partial charge in [-0.1, -0.05) is 23.7 Å². The van der Waals surface area contributed by atoms with Crippen LogP contribution in [0.2, 0.25) is 5.02 Å². The zero-order chi connectivity index (χ0) is 13.7. The average molecular weight is 280 g/mol. The van der Waals surface area contributed by atoms with Crippen LogP contribution < -0.4 is 5.32 Å². The molecule has 0 saturated carbocycles. The van der Waals surface area contributed by atoms with Crippen molar-refractivity contribution in [3.05, 3.63) is 58.5 Å². The molecule has 0 aliphatic heterocycles. The quantitative estimate of drug-likeness (QED) is 0.798. The van der Waals surface area contributed by atoms with Gasteiger partial charge >= 0.3 is 5.97 Å². The number of nitrogens with one attached hydrogen (secondary N) is 1. The Kier molecular flexibility index (Phi) is 4.60. The van der Waals surface area contributed by atoms with Gasteiger partial charge in [0, 0.05) is 5.02 Å². The fourth-order valence-electron chi connectivity index (χ4n) is 1.68. The number of furan rings is 1. The van der Waals surface area contributed by atoms with Crippen molar-refractivity contribution in [2.45, 2.75) is 13.0 Å². The molecule has 0 atom stereocenters. The van der Waals surface area contributed by atoms with E-state index >= 15 is 0 Å². The minimum Gasteiger partial charge on any atom is -0.475 e. The van der Waals surface area contributed by atoms with Gasteiger partial charge in [0.1, 0.15) is 5.76 Å². The van der Waals surface area contributed by atoms with Crippen molar-refractivity contribution in [2.75, 3.05) is 6.54 Å². The lowest BCUT2D eigenvalue weighted by Crippen LogP contribution is -2.16. The first-order valence-corrected chi connectivity index (χ1v) is 6.30. The van der Waals surface area contributed by atoms with E-state index in [0.29, 0.717) is 12.3 Å². The maximum Gasteiger partial charge on any atom is 0.371 e. The fourth-order valence-corrected chi connectivity index (χ4v) is 1.81. The number of rotatable bonds is 6. The topological polar surface area (TPSA) is 62.5 Å². The number of hydrogen-bond donors (Lipinski definition) is 2. The zero-order valence-electron chi connectivity index (χ0n) is 10.2. The van der Waals surface area contributed by atoms with E-state index in [0.717, 1.165) is 18.0 Å². The predicted molar refractivity (Wildman–Crippen MR) is 72.5 cm³/mol. The van der Waals surface area contributed by atoms with E-state index in [-0.39, 0.29) is 5.76 Å². The molecule has 100 valence electrons. The Hall–Kier alpha value is -1.78. The normalized spacial score (nSPS) is 10.6. The second-order valence-electron chi connectivity index (χ2n) is 4.12. The van der Waals surface area contributed by atoms with Crippen molar-refractivity contribution in [3.8, 4) is 0 Å². The van der Waals surface area contributed by atoms with Crippen LogP contribution in [-0.2, 0) is 13.0 Å². The maximum atomic E-state index is 10.6. The van der Waals surface area contributed by atoms with Crippen LogP contribution in [-0.4, -0.2) is 17.6 Å². The third-order valence-corrected chi connectivity index (χ3v) is 2.93. The Morgan fingerprint density at radius 3 is 2.58 bits per heavy atom. The Morgan fingerprint density at radius 2 is 1.95 bits per heavy atom. The first-order chi connectivity index (χ1) is 9.15. The number of aromatic carboxylic acids is 1. The maximum absolute atomic E-state index is 10.6. The fraction of sp³-hybridized carbons (Fsp3) is 0.214. The third kappa shape index (κ3) is 4.12. The summed E-state index contributed by atoms with van der Waals surface area (Å²) in [6, 6.07) is 10.8. The summed E-state index contributed by atoms with van der Waals surface area (Å²) in [5.41, 5.74) is 1.20. The number of carbonyl (C=O) groups is 1. The molecule has 1 aromatic heterocycles. The molecule has 0 saturated heterocycles. The summed E-state index contributed by atoms with van der Waals surface area (Å²) in [5, 5.41) is 12.6. The molecule has 0 aliphatic rings. The molecular formula is C14H14ClNO3. The van der Waals surface area contributed by atoms with Gasteiger partial charge in [0.05, 0.1) is 6.54 Å². The second kappa shape index (κ2) is 6.41. The van der Waals surface area contributed by atoms with Gasteiger partial charge in [-0.2, -0.15) is 0 Å². The van der Waals surface area contributed by atoms with Crippen LogP contribution in [0, 0.1) is 0 Å². The lowest BCUT2D eigenvalue weighted by atomic mass is 10.1. The van der Waals surface area contributed by atoms with Crippen LogP contribution in [0.15, 0.2) is 40.8 Å². The molecule has 0 radical (unpaired) electrons. The van der Waals surface area contributed by atoms with Crippen molar-refractivity contribution in [3.63, 3.8) is 0 Å². The van der Waals surface area contributed by atoms with Crippen molar-refractivity contribution < 1.29 is 14.3 Å². The summed E-state index contributed by atoms with van der Waals surface area (Å²) in [7, 11) is 0. The highest BCUT2D eigenvalue weighted by molar-refractivity contribution is 6.30. The highest BCUT2D eigenvalue weighted by Crippen LogP contribution is 2.10. The number of hydrogen-bond acceptors (Lipinski definition) is 3. The molecule has 1 aromatic carbocycles. The average Bonchev–Trinajstić information content (AvgIpc) is 2.86. The molecule has 0 aliphatic carbocycles. The van der Waals surface area contributed by atoms with E-state index < -0.39 is 5.97 Å². The molecule has 5 heteroatoms. The van der Waals surface area contributed by atoms with Crippen LogP contribution >= 0.6 is 11.6 Å². The molecule has 2 N–H and O–H groups in total. The molecule has 1 heterocycles. The second-order valence-corrected chi connectivity index (χ2v) is 4.56. The van der Waals surface area contributed by atoms with E-state index in [1.807, 2.05) is 24.3 Å². The Balaban J connectivity index is 1.74. The molecule has 0 amide bonds. The number of carboxylic acid groups (broad SMARTS) is 1. The van der Waals surface area contributed by atoms with E-state index in [4.69, 9.17) is 21.1 Å². The summed E-state index contributed by atoms with van der Waals surface area (Å²) in [6.07, 6.45) is 0.879. The van der Waals surface area contributed by atoms with Crippen molar-refractivity contribution >= 4 is 17.6 Å². The molecule has 2 rings (SSSR count). The van der Waals surface area contributed by atoms with Gasteiger partial charge in [-0.25, -0.2) is 4.79 Å². The minimum atomic E-state index is -1.05. The number of benzene rings is 1. The van der Waals surface area contributed by atoms with E-state index in [2.05, 4.69) is 5.32 Å². The van der Waals surface area contributed by atoms with Gasteiger partial charge in [0.25, 0.3) is 0 Å². The van der Waals surface area contributed by atoms with Crippen molar-refractivity contribution in [1.82, 2.24) is 5.32 Å². The summed E-state index contributed by atoms with van der Waals surface area (Å²) in [4.78, 5) is 10.6. The lowest BCUT2D eigenvalue weighted by Gasteiger charge is -2.03. The molecule has 0 fully saturated rings. The zero-order valence-corrected chi connectivity index (χ0v) is 11.0. The van der Waals surface area contributed by atoms with Crippen LogP contribution in [0.5, 0.6) is 0 Å². The van der Waals surface area contributed by atoms with Crippen LogP contribution in [0.4, 0.5) is 0 Å². The summed E-state index contributed by atoms with van der Waals surface area (Å²) in [5.74, 6) is -0.463. The molecular weight excluding hydrogens is 266 g/mol. The Labute approximate surface area is 116 Å². The number of carboxylic acids is 1. The van der Waals surface area contributed by atoms with Gasteiger partial charge in [-0.15, -0.1) is 0 Å². The Morgan fingerprint density at radius 1 is 1.21 bits per heavy atom.